The Morgan fingerprint density at radius 3 is 2.67 bits per heavy atom. The molecule has 0 radical (unpaired) electrons. The minimum atomic E-state index is -0.287. The summed E-state index contributed by atoms with van der Waals surface area (Å²) in [6, 6.07) is 11.0. The van der Waals surface area contributed by atoms with E-state index in [1.807, 2.05) is 31.2 Å². The summed E-state index contributed by atoms with van der Waals surface area (Å²) >= 11 is 0. The number of aryl methyl sites for hydroxylation is 1. The van der Waals surface area contributed by atoms with Gasteiger partial charge >= 0.3 is 0 Å². The molecule has 126 valence electrons. The van der Waals surface area contributed by atoms with Crippen molar-refractivity contribution in [3.63, 3.8) is 0 Å². The van der Waals surface area contributed by atoms with Crippen molar-refractivity contribution in [1.82, 2.24) is 9.88 Å². The fourth-order valence-corrected chi connectivity index (χ4v) is 2.25. The molecular formula is C18H21N3O3. The van der Waals surface area contributed by atoms with E-state index in [1.54, 1.807) is 25.4 Å². The number of pyridine rings is 1. The molecule has 0 spiro atoms. The molecule has 0 bridgehead atoms. The molecule has 0 atom stereocenters. The van der Waals surface area contributed by atoms with Gasteiger partial charge in [0.2, 0.25) is 11.8 Å². The zero-order valence-electron chi connectivity index (χ0n) is 14.1. The van der Waals surface area contributed by atoms with Crippen LogP contribution in [0.2, 0.25) is 0 Å². The average Bonchev–Trinajstić information content (AvgIpc) is 2.55. The van der Waals surface area contributed by atoms with Crippen molar-refractivity contribution in [3.8, 4) is 5.75 Å². The standard InChI is InChI=1S/C18H21N3O3/c1-13-7-8-17(24-3)16(10-13)20-18(23)12-21(14(2)22)11-15-6-4-5-9-19-15/h4-10H,11-12H2,1-3H3,(H,20,23). The summed E-state index contributed by atoms with van der Waals surface area (Å²) in [5.74, 6) is 0.102. The van der Waals surface area contributed by atoms with E-state index in [0.29, 0.717) is 11.4 Å². The molecule has 0 aliphatic carbocycles. The van der Waals surface area contributed by atoms with Gasteiger partial charge in [-0.25, -0.2) is 0 Å². The number of methoxy groups -OCH3 is 1. The Labute approximate surface area is 141 Å². The number of hydrogen-bond donors (Lipinski definition) is 1. The van der Waals surface area contributed by atoms with Crippen molar-refractivity contribution >= 4 is 17.5 Å². The molecule has 1 N–H and O–H groups in total. The zero-order chi connectivity index (χ0) is 17.5. The van der Waals surface area contributed by atoms with Crippen molar-refractivity contribution in [2.45, 2.75) is 20.4 Å². The van der Waals surface area contributed by atoms with E-state index in [-0.39, 0.29) is 24.9 Å². The summed E-state index contributed by atoms with van der Waals surface area (Å²) in [5.41, 5.74) is 2.32. The first-order valence-electron chi connectivity index (χ1n) is 7.59. The van der Waals surface area contributed by atoms with Crippen LogP contribution in [0, 0.1) is 6.92 Å². The number of carbonyl (C=O) groups excluding carboxylic acids is 2. The van der Waals surface area contributed by atoms with Gasteiger partial charge in [0.1, 0.15) is 12.3 Å². The molecule has 0 saturated heterocycles. The lowest BCUT2D eigenvalue weighted by Crippen LogP contribution is -2.36. The SMILES string of the molecule is COc1ccc(C)cc1NC(=O)CN(Cc1ccccn1)C(C)=O. The van der Waals surface area contributed by atoms with Crippen LogP contribution in [0.3, 0.4) is 0 Å². The second kappa shape index (κ2) is 8.10. The molecule has 0 aliphatic heterocycles. The van der Waals surface area contributed by atoms with Crippen molar-refractivity contribution in [2.75, 3.05) is 19.0 Å². The number of nitrogens with one attached hydrogen (secondary N) is 1. The van der Waals surface area contributed by atoms with Crippen molar-refractivity contribution in [2.24, 2.45) is 0 Å². The van der Waals surface area contributed by atoms with Crippen molar-refractivity contribution in [1.29, 1.82) is 0 Å². The van der Waals surface area contributed by atoms with Gasteiger partial charge in [0.15, 0.2) is 0 Å². The summed E-state index contributed by atoms with van der Waals surface area (Å²) in [4.78, 5) is 29.8. The summed E-state index contributed by atoms with van der Waals surface area (Å²) in [5, 5.41) is 2.80. The topological polar surface area (TPSA) is 71.5 Å². The Morgan fingerprint density at radius 2 is 2.04 bits per heavy atom. The van der Waals surface area contributed by atoms with E-state index in [4.69, 9.17) is 4.74 Å². The van der Waals surface area contributed by atoms with Gasteiger partial charge in [0.05, 0.1) is 25.0 Å². The third kappa shape index (κ3) is 4.81. The van der Waals surface area contributed by atoms with Crippen LogP contribution >= 0.6 is 0 Å². The Kier molecular flexibility index (Phi) is 5.89. The third-order valence-electron chi connectivity index (χ3n) is 3.49. The summed E-state index contributed by atoms with van der Waals surface area (Å²) < 4.78 is 5.24. The molecule has 0 fully saturated rings. The first-order chi connectivity index (χ1) is 11.5. The normalized spacial score (nSPS) is 10.1. The highest BCUT2D eigenvalue weighted by Crippen LogP contribution is 2.25. The molecule has 0 aliphatic rings. The fraction of sp³-hybridized carbons (Fsp3) is 0.278. The highest BCUT2D eigenvalue weighted by atomic mass is 16.5. The number of ether oxygens (including phenoxy) is 1. The second-order valence-corrected chi connectivity index (χ2v) is 5.45. The number of carbonyl (C=O) groups is 2. The van der Waals surface area contributed by atoms with Gasteiger partial charge in [0.25, 0.3) is 0 Å². The van der Waals surface area contributed by atoms with Gasteiger partial charge < -0.3 is 15.0 Å². The molecule has 2 amide bonds. The van der Waals surface area contributed by atoms with Gasteiger partial charge in [-0.1, -0.05) is 12.1 Å². The summed E-state index contributed by atoms with van der Waals surface area (Å²) in [6.45, 7) is 3.60. The number of rotatable bonds is 6. The molecule has 6 nitrogen and oxygen atoms in total. The molecule has 24 heavy (non-hydrogen) atoms. The molecular weight excluding hydrogens is 306 g/mol. The lowest BCUT2D eigenvalue weighted by Gasteiger charge is -2.20. The fourth-order valence-electron chi connectivity index (χ4n) is 2.25. The lowest BCUT2D eigenvalue weighted by molar-refractivity contribution is -0.133. The molecule has 1 aromatic carbocycles. The van der Waals surface area contributed by atoms with Crippen molar-refractivity contribution < 1.29 is 14.3 Å². The Morgan fingerprint density at radius 1 is 1.25 bits per heavy atom. The van der Waals surface area contributed by atoms with Crippen LogP contribution in [-0.2, 0) is 16.1 Å². The van der Waals surface area contributed by atoms with Gasteiger partial charge in [-0.05, 0) is 36.8 Å². The van der Waals surface area contributed by atoms with E-state index in [0.717, 1.165) is 11.3 Å². The van der Waals surface area contributed by atoms with E-state index in [1.165, 1.54) is 11.8 Å². The van der Waals surface area contributed by atoms with Crippen LogP contribution < -0.4 is 10.1 Å². The Bertz CT molecular complexity index is 717. The van der Waals surface area contributed by atoms with Crippen LogP contribution in [0.25, 0.3) is 0 Å². The predicted molar refractivity (Wildman–Crippen MR) is 91.7 cm³/mol. The third-order valence-corrected chi connectivity index (χ3v) is 3.49. The monoisotopic (exact) mass is 327 g/mol. The zero-order valence-corrected chi connectivity index (χ0v) is 14.1. The first-order valence-corrected chi connectivity index (χ1v) is 7.59. The second-order valence-electron chi connectivity index (χ2n) is 5.45. The number of nitrogens with zero attached hydrogens (tertiary/aromatic N) is 2. The maximum absolute atomic E-state index is 12.3. The van der Waals surface area contributed by atoms with Gasteiger partial charge in [-0.15, -0.1) is 0 Å². The highest BCUT2D eigenvalue weighted by Gasteiger charge is 2.16. The van der Waals surface area contributed by atoms with E-state index in [9.17, 15) is 9.59 Å². The number of aromatic nitrogens is 1. The summed E-state index contributed by atoms with van der Waals surface area (Å²) in [6.07, 6.45) is 1.66. The van der Waals surface area contributed by atoms with Crippen LogP contribution in [0.4, 0.5) is 5.69 Å². The average molecular weight is 327 g/mol. The van der Waals surface area contributed by atoms with E-state index >= 15 is 0 Å². The minimum absolute atomic E-state index is 0.0526. The van der Waals surface area contributed by atoms with Crippen LogP contribution in [0.5, 0.6) is 5.75 Å². The van der Waals surface area contributed by atoms with Crippen LogP contribution in [0.1, 0.15) is 18.2 Å². The highest BCUT2D eigenvalue weighted by molar-refractivity contribution is 5.95. The minimum Gasteiger partial charge on any atom is -0.495 e. The van der Waals surface area contributed by atoms with Gasteiger partial charge in [-0.2, -0.15) is 0 Å². The molecule has 2 aromatic rings. The van der Waals surface area contributed by atoms with Crippen LogP contribution in [0.15, 0.2) is 42.6 Å². The number of hydrogen-bond acceptors (Lipinski definition) is 4. The van der Waals surface area contributed by atoms with E-state index < -0.39 is 0 Å². The Hall–Kier alpha value is -2.89. The predicted octanol–water partition coefficient (Wildman–Crippen LogP) is 2.39. The van der Waals surface area contributed by atoms with Gasteiger partial charge in [0, 0.05) is 13.1 Å². The number of anilines is 1. The Balaban J connectivity index is 2.06. The van der Waals surface area contributed by atoms with Gasteiger partial charge in [-0.3, -0.25) is 14.6 Å². The van der Waals surface area contributed by atoms with E-state index in [2.05, 4.69) is 10.3 Å². The smallest absolute Gasteiger partial charge is 0.244 e. The number of benzene rings is 1. The molecule has 0 unspecified atom stereocenters. The first kappa shape index (κ1) is 17.5. The lowest BCUT2D eigenvalue weighted by atomic mass is 10.2. The number of amides is 2. The molecule has 6 heteroatoms. The molecule has 1 heterocycles. The largest absolute Gasteiger partial charge is 0.495 e. The van der Waals surface area contributed by atoms with Crippen molar-refractivity contribution in [3.05, 3.63) is 53.9 Å². The summed E-state index contributed by atoms with van der Waals surface area (Å²) in [7, 11) is 1.54. The molecule has 2 rings (SSSR count). The van der Waals surface area contributed by atoms with Crippen LogP contribution in [-0.4, -0.2) is 35.4 Å². The quantitative estimate of drug-likeness (QED) is 0.884. The maximum Gasteiger partial charge on any atom is 0.244 e. The molecule has 0 saturated carbocycles. The maximum atomic E-state index is 12.3. The molecule has 1 aromatic heterocycles.